The summed E-state index contributed by atoms with van der Waals surface area (Å²) in [5.74, 6) is 0.574. The Morgan fingerprint density at radius 1 is 1.09 bits per heavy atom. The first kappa shape index (κ1) is 22.7. The molecule has 0 saturated carbocycles. The largest absolute Gasteiger partial charge is 0.496 e. The van der Waals surface area contributed by atoms with Gasteiger partial charge in [0.1, 0.15) is 34.2 Å². The van der Waals surface area contributed by atoms with E-state index in [0.717, 1.165) is 6.20 Å². The molecule has 170 valence electrons. The smallest absolute Gasteiger partial charge is 0.418 e. The second kappa shape index (κ2) is 9.18. The molecule has 6 nitrogen and oxygen atoms in total. The molecule has 0 unspecified atom stereocenters. The van der Waals surface area contributed by atoms with Crippen LogP contribution in [0, 0.1) is 5.95 Å². The molecule has 1 N–H and O–H groups in total. The number of H-pyrrole nitrogens is 1. The Morgan fingerprint density at radius 3 is 2.61 bits per heavy atom. The third kappa shape index (κ3) is 4.98. The van der Waals surface area contributed by atoms with Gasteiger partial charge in [0.2, 0.25) is 5.95 Å². The van der Waals surface area contributed by atoms with E-state index in [1.807, 2.05) is 0 Å². The summed E-state index contributed by atoms with van der Waals surface area (Å²) in [5, 5.41) is 0. The number of nitrogens with zero attached hydrogens (tertiary/aromatic N) is 3. The van der Waals surface area contributed by atoms with Crippen molar-refractivity contribution in [1.29, 1.82) is 0 Å². The fourth-order valence-electron chi connectivity index (χ4n) is 3.11. The number of rotatable bonds is 6. The molecule has 11 heteroatoms. The molecular weight excluding hydrogens is 508 g/mol. The Bertz CT molecular complexity index is 1280. The molecule has 0 aliphatic carbocycles. The summed E-state index contributed by atoms with van der Waals surface area (Å²) in [6.07, 6.45) is -1.13. The fraction of sp³-hybridized carbons (Fsp3) is 0.136. The summed E-state index contributed by atoms with van der Waals surface area (Å²) in [6, 6.07) is 8.88. The van der Waals surface area contributed by atoms with Crippen molar-refractivity contribution in [3.8, 4) is 34.1 Å². The van der Waals surface area contributed by atoms with Gasteiger partial charge < -0.3 is 14.5 Å². The average Bonchev–Trinajstić information content (AvgIpc) is 3.18. The van der Waals surface area contributed by atoms with Gasteiger partial charge >= 0.3 is 6.18 Å². The van der Waals surface area contributed by atoms with E-state index in [9.17, 15) is 17.6 Å². The molecule has 3 heterocycles. The first-order chi connectivity index (χ1) is 15.8. The van der Waals surface area contributed by atoms with Gasteiger partial charge in [-0.1, -0.05) is 0 Å². The highest BCUT2D eigenvalue weighted by molar-refractivity contribution is 9.10. The van der Waals surface area contributed by atoms with E-state index in [0.29, 0.717) is 38.7 Å². The first-order valence-corrected chi connectivity index (χ1v) is 10.2. The molecule has 0 aliphatic heterocycles. The zero-order valence-electron chi connectivity index (χ0n) is 17.0. The number of alkyl halides is 3. The molecule has 0 aliphatic rings. The third-order valence-electron chi connectivity index (χ3n) is 4.70. The molecule has 4 rings (SSSR count). The van der Waals surface area contributed by atoms with Crippen molar-refractivity contribution in [2.45, 2.75) is 12.8 Å². The molecule has 0 spiro atoms. The molecule has 33 heavy (non-hydrogen) atoms. The van der Waals surface area contributed by atoms with Gasteiger partial charge in [-0.15, -0.1) is 0 Å². The van der Waals surface area contributed by atoms with Crippen LogP contribution in [0.2, 0.25) is 0 Å². The highest BCUT2D eigenvalue weighted by atomic mass is 79.9. The summed E-state index contributed by atoms with van der Waals surface area (Å²) in [5.41, 5.74) is 0.825. The minimum absolute atomic E-state index is 0.0341. The van der Waals surface area contributed by atoms with Gasteiger partial charge in [-0.3, -0.25) is 4.98 Å². The summed E-state index contributed by atoms with van der Waals surface area (Å²) in [4.78, 5) is 14.8. The quantitative estimate of drug-likeness (QED) is 0.247. The van der Waals surface area contributed by atoms with E-state index >= 15 is 0 Å². The maximum absolute atomic E-state index is 13.2. The van der Waals surface area contributed by atoms with E-state index in [-0.39, 0.29) is 12.2 Å². The van der Waals surface area contributed by atoms with Crippen molar-refractivity contribution in [2.75, 3.05) is 7.11 Å². The van der Waals surface area contributed by atoms with Crippen LogP contribution >= 0.6 is 15.9 Å². The van der Waals surface area contributed by atoms with Crippen LogP contribution in [0.15, 0.2) is 59.6 Å². The summed E-state index contributed by atoms with van der Waals surface area (Å²) in [7, 11) is 1.46. The molecule has 1 aromatic carbocycles. The number of pyridine rings is 2. The molecule has 0 amide bonds. The lowest BCUT2D eigenvalue weighted by atomic mass is 10.1. The number of methoxy groups -OCH3 is 1. The predicted molar refractivity (Wildman–Crippen MR) is 115 cm³/mol. The summed E-state index contributed by atoms with van der Waals surface area (Å²) in [6.45, 7) is -0.298. The van der Waals surface area contributed by atoms with Crippen LogP contribution in [0.25, 0.3) is 22.6 Å². The molecule has 0 radical (unpaired) electrons. The Kier molecular flexibility index (Phi) is 6.32. The lowest BCUT2D eigenvalue weighted by molar-refractivity contribution is -0.138. The molecule has 0 saturated heterocycles. The first-order valence-electron chi connectivity index (χ1n) is 9.45. The van der Waals surface area contributed by atoms with Gasteiger partial charge in [-0.05, 0) is 46.3 Å². The standard InChI is InChI=1S/C22H15BrF4N4O2/c1-32-17-8-14(33-11-13-6-7-28-10-16(13)22(25,26)27)3-4-15(17)19-20(23)31-21(30-19)12-2-5-18(24)29-9-12/h2-10H,11H2,1H3,(H,30,31). The Labute approximate surface area is 193 Å². The maximum Gasteiger partial charge on any atom is 0.418 e. The molecular formula is C22H15BrF4N4O2. The van der Waals surface area contributed by atoms with Gasteiger partial charge in [0, 0.05) is 41.3 Å². The second-order valence-corrected chi connectivity index (χ2v) is 7.59. The van der Waals surface area contributed by atoms with Crippen molar-refractivity contribution in [2.24, 2.45) is 0 Å². The van der Waals surface area contributed by atoms with Gasteiger partial charge in [0.05, 0.1) is 12.7 Å². The van der Waals surface area contributed by atoms with E-state index in [2.05, 4.69) is 35.9 Å². The lowest BCUT2D eigenvalue weighted by Gasteiger charge is -2.14. The zero-order chi connectivity index (χ0) is 23.6. The molecule has 0 atom stereocenters. The summed E-state index contributed by atoms with van der Waals surface area (Å²) < 4.78 is 64.2. The molecule has 4 aromatic rings. The monoisotopic (exact) mass is 522 g/mol. The number of halogens is 5. The second-order valence-electron chi connectivity index (χ2n) is 6.80. The SMILES string of the molecule is COc1cc(OCc2ccncc2C(F)(F)F)ccc1-c1nc(-c2ccc(F)nc2)[nH]c1Br. The number of aromatic nitrogens is 4. The fourth-order valence-corrected chi connectivity index (χ4v) is 3.60. The Hall–Kier alpha value is -3.47. The lowest BCUT2D eigenvalue weighted by Crippen LogP contribution is -2.11. The van der Waals surface area contributed by atoms with E-state index in [1.54, 1.807) is 24.3 Å². The van der Waals surface area contributed by atoms with Gasteiger partial charge in [-0.25, -0.2) is 9.97 Å². The third-order valence-corrected chi connectivity index (χ3v) is 5.27. The number of nitrogens with one attached hydrogen (secondary N) is 1. The van der Waals surface area contributed by atoms with E-state index in [4.69, 9.17) is 9.47 Å². The van der Waals surface area contributed by atoms with Crippen LogP contribution in [-0.4, -0.2) is 27.0 Å². The maximum atomic E-state index is 13.2. The predicted octanol–water partition coefficient (Wildman–Crippen LogP) is 6.04. The van der Waals surface area contributed by atoms with Crippen LogP contribution in [0.4, 0.5) is 17.6 Å². The average molecular weight is 523 g/mol. The highest BCUT2D eigenvalue weighted by Gasteiger charge is 2.33. The van der Waals surface area contributed by atoms with Crippen molar-refractivity contribution in [3.63, 3.8) is 0 Å². The van der Waals surface area contributed by atoms with Gasteiger partial charge in [-0.2, -0.15) is 17.6 Å². The minimum Gasteiger partial charge on any atom is -0.496 e. The number of benzene rings is 1. The van der Waals surface area contributed by atoms with Crippen LogP contribution < -0.4 is 9.47 Å². The molecule has 0 fully saturated rings. The number of aromatic amines is 1. The summed E-state index contributed by atoms with van der Waals surface area (Å²) >= 11 is 3.42. The number of ether oxygens (including phenoxy) is 2. The number of hydrogen-bond acceptors (Lipinski definition) is 5. The van der Waals surface area contributed by atoms with Crippen LogP contribution in [0.1, 0.15) is 11.1 Å². The number of imidazole rings is 1. The van der Waals surface area contributed by atoms with E-state index in [1.165, 1.54) is 31.6 Å². The van der Waals surface area contributed by atoms with Crippen LogP contribution in [-0.2, 0) is 12.8 Å². The Morgan fingerprint density at radius 2 is 1.91 bits per heavy atom. The van der Waals surface area contributed by atoms with Crippen molar-refractivity contribution >= 4 is 15.9 Å². The number of hydrogen-bond donors (Lipinski definition) is 1. The normalized spacial score (nSPS) is 11.5. The van der Waals surface area contributed by atoms with Crippen molar-refractivity contribution < 1.29 is 27.0 Å². The van der Waals surface area contributed by atoms with Crippen molar-refractivity contribution in [1.82, 2.24) is 19.9 Å². The zero-order valence-corrected chi connectivity index (χ0v) is 18.5. The topological polar surface area (TPSA) is 72.9 Å². The van der Waals surface area contributed by atoms with Crippen LogP contribution in [0.5, 0.6) is 11.5 Å². The Balaban J connectivity index is 1.59. The van der Waals surface area contributed by atoms with E-state index < -0.39 is 17.7 Å². The molecule has 0 bridgehead atoms. The van der Waals surface area contributed by atoms with Gasteiger partial charge in [0.25, 0.3) is 0 Å². The van der Waals surface area contributed by atoms with Gasteiger partial charge in [0.15, 0.2) is 0 Å². The van der Waals surface area contributed by atoms with Crippen molar-refractivity contribution in [3.05, 3.63) is 76.7 Å². The van der Waals surface area contributed by atoms with Crippen LogP contribution in [0.3, 0.4) is 0 Å². The highest BCUT2D eigenvalue weighted by Crippen LogP contribution is 2.38. The molecule has 3 aromatic heterocycles. The minimum atomic E-state index is -4.53.